The van der Waals surface area contributed by atoms with Crippen LogP contribution in [0.5, 0.6) is 5.75 Å². The van der Waals surface area contributed by atoms with Crippen molar-refractivity contribution < 1.29 is 4.74 Å². The highest BCUT2D eigenvalue weighted by Crippen LogP contribution is 2.24. The van der Waals surface area contributed by atoms with E-state index >= 15 is 0 Å². The maximum atomic E-state index is 5.88. The minimum absolute atomic E-state index is 0.0178. The van der Waals surface area contributed by atoms with Gasteiger partial charge in [-0.05, 0) is 32.9 Å². The van der Waals surface area contributed by atoms with Crippen LogP contribution in [0.1, 0.15) is 20.8 Å². The molecule has 1 atom stereocenters. The van der Waals surface area contributed by atoms with Crippen LogP contribution in [-0.2, 0) is 0 Å². The standard InChI is InChI=1S/C11H19N3O/c1-8(12)11(2,3)14-10-9(15-4)6-5-7-13-10/h5-8H,12H2,1-4H3,(H,13,14). The molecule has 0 amide bonds. The average molecular weight is 209 g/mol. The molecule has 1 aromatic rings. The smallest absolute Gasteiger partial charge is 0.169 e. The number of aromatic nitrogens is 1. The lowest BCUT2D eigenvalue weighted by Gasteiger charge is -2.31. The van der Waals surface area contributed by atoms with E-state index in [2.05, 4.69) is 10.3 Å². The molecule has 1 heterocycles. The largest absolute Gasteiger partial charge is 0.493 e. The summed E-state index contributed by atoms with van der Waals surface area (Å²) in [7, 11) is 1.63. The molecule has 0 spiro atoms. The van der Waals surface area contributed by atoms with Crippen LogP contribution in [-0.4, -0.2) is 23.7 Å². The molecule has 15 heavy (non-hydrogen) atoms. The van der Waals surface area contributed by atoms with Crippen LogP contribution in [0.3, 0.4) is 0 Å². The van der Waals surface area contributed by atoms with E-state index in [1.54, 1.807) is 13.3 Å². The zero-order valence-corrected chi connectivity index (χ0v) is 9.74. The quantitative estimate of drug-likeness (QED) is 0.791. The van der Waals surface area contributed by atoms with E-state index in [0.29, 0.717) is 0 Å². The number of pyridine rings is 1. The van der Waals surface area contributed by atoms with Gasteiger partial charge in [-0.25, -0.2) is 4.98 Å². The van der Waals surface area contributed by atoms with E-state index in [1.807, 2.05) is 32.9 Å². The number of anilines is 1. The number of methoxy groups -OCH3 is 1. The van der Waals surface area contributed by atoms with Gasteiger partial charge in [0.25, 0.3) is 0 Å². The average Bonchev–Trinajstić information content (AvgIpc) is 2.18. The van der Waals surface area contributed by atoms with Crippen molar-refractivity contribution >= 4 is 5.82 Å². The SMILES string of the molecule is COc1cccnc1NC(C)(C)C(C)N. The maximum absolute atomic E-state index is 5.88. The molecule has 0 saturated heterocycles. The molecule has 4 nitrogen and oxygen atoms in total. The van der Waals surface area contributed by atoms with Crippen molar-refractivity contribution in [1.29, 1.82) is 0 Å². The van der Waals surface area contributed by atoms with Gasteiger partial charge in [0.2, 0.25) is 0 Å². The zero-order valence-electron chi connectivity index (χ0n) is 9.74. The highest BCUT2D eigenvalue weighted by molar-refractivity contribution is 5.51. The fourth-order valence-corrected chi connectivity index (χ4v) is 1.07. The first-order valence-electron chi connectivity index (χ1n) is 5.00. The van der Waals surface area contributed by atoms with Crippen LogP contribution in [0.25, 0.3) is 0 Å². The molecule has 3 N–H and O–H groups in total. The van der Waals surface area contributed by atoms with Gasteiger partial charge >= 0.3 is 0 Å². The predicted octanol–water partition coefficient (Wildman–Crippen LogP) is 1.63. The molecule has 0 saturated carbocycles. The number of hydrogen-bond acceptors (Lipinski definition) is 4. The summed E-state index contributed by atoms with van der Waals surface area (Å²) in [6, 6.07) is 3.72. The second kappa shape index (κ2) is 4.49. The van der Waals surface area contributed by atoms with Gasteiger partial charge in [-0.15, -0.1) is 0 Å². The molecule has 0 radical (unpaired) electrons. The summed E-state index contributed by atoms with van der Waals surface area (Å²) in [5.41, 5.74) is 5.66. The second-order valence-corrected chi connectivity index (χ2v) is 4.19. The molecule has 0 bridgehead atoms. The molecule has 1 unspecified atom stereocenters. The van der Waals surface area contributed by atoms with Crippen molar-refractivity contribution in [3.8, 4) is 5.75 Å². The number of nitrogens with zero attached hydrogens (tertiary/aromatic N) is 1. The fraction of sp³-hybridized carbons (Fsp3) is 0.545. The molecular formula is C11H19N3O. The summed E-state index contributed by atoms with van der Waals surface area (Å²) in [6.45, 7) is 6.03. The third kappa shape index (κ3) is 2.83. The van der Waals surface area contributed by atoms with Crippen molar-refractivity contribution in [1.82, 2.24) is 4.98 Å². The van der Waals surface area contributed by atoms with E-state index in [0.717, 1.165) is 11.6 Å². The Balaban J connectivity index is 2.89. The van der Waals surface area contributed by atoms with Gasteiger partial charge < -0.3 is 15.8 Å². The predicted molar refractivity (Wildman–Crippen MR) is 62.1 cm³/mol. The molecule has 0 aliphatic carbocycles. The molecule has 4 heteroatoms. The first kappa shape index (κ1) is 11.8. The number of nitrogens with one attached hydrogen (secondary N) is 1. The Kier molecular flexibility index (Phi) is 3.52. The highest BCUT2D eigenvalue weighted by atomic mass is 16.5. The van der Waals surface area contributed by atoms with Gasteiger partial charge in [0.1, 0.15) is 0 Å². The molecular weight excluding hydrogens is 190 g/mol. The summed E-state index contributed by atoms with van der Waals surface area (Å²) in [5.74, 6) is 1.45. The second-order valence-electron chi connectivity index (χ2n) is 4.19. The van der Waals surface area contributed by atoms with E-state index in [-0.39, 0.29) is 11.6 Å². The van der Waals surface area contributed by atoms with Crippen LogP contribution < -0.4 is 15.8 Å². The Morgan fingerprint density at radius 1 is 1.53 bits per heavy atom. The highest BCUT2D eigenvalue weighted by Gasteiger charge is 2.24. The van der Waals surface area contributed by atoms with Crippen molar-refractivity contribution in [2.24, 2.45) is 5.73 Å². The summed E-state index contributed by atoms with van der Waals surface area (Å²) < 4.78 is 5.21. The number of ether oxygens (including phenoxy) is 1. The van der Waals surface area contributed by atoms with Crippen LogP contribution in [0.15, 0.2) is 18.3 Å². The summed E-state index contributed by atoms with van der Waals surface area (Å²) in [5, 5.41) is 3.28. The Bertz CT molecular complexity index is 323. The summed E-state index contributed by atoms with van der Waals surface area (Å²) in [6.07, 6.45) is 1.72. The van der Waals surface area contributed by atoms with Crippen LogP contribution in [0.4, 0.5) is 5.82 Å². The lowest BCUT2D eigenvalue weighted by Crippen LogP contribution is -2.47. The molecule has 1 rings (SSSR count). The van der Waals surface area contributed by atoms with Gasteiger partial charge in [0, 0.05) is 17.8 Å². The minimum Gasteiger partial charge on any atom is -0.493 e. The lowest BCUT2D eigenvalue weighted by molar-refractivity contribution is 0.409. The van der Waals surface area contributed by atoms with E-state index in [1.165, 1.54) is 0 Å². The number of hydrogen-bond donors (Lipinski definition) is 2. The molecule has 0 aliphatic rings. The minimum atomic E-state index is -0.221. The van der Waals surface area contributed by atoms with Crippen molar-refractivity contribution in [2.75, 3.05) is 12.4 Å². The first-order chi connectivity index (χ1) is 6.97. The van der Waals surface area contributed by atoms with Gasteiger partial charge in [-0.1, -0.05) is 0 Å². The van der Waals surface area contributed by atoms with E-state index in [9.17, 15) is 0 Å². The van der Waals surface area contributed by atoms with E-state index in [4.69, 9.17) is 10.5 Å². The van der Waals surface area contributed by atoms with Gasteiger partial charge in [0.05, 0.1) is 7.11 Å². The fourth-order valence-electron chi connectivity index (χ4n) is 1.07. The third-order valence-corrected chi connectivity index (χ3v) is 2.57. The maximum Gasteiger partial charge on any atom is 0.169 e. The third-order valence-electron chi connectivity index (χ3n) is 2.57. The lowest BCUT2D eigenvalue weighted by atomic mass is 9.97. The molecule has 0 aliphatic heterocycles. The Hall–Kier alpha value is -1.29. The Labute approximate surface area is 90.8 Å². The number of rotatable bonds is 4. The summed E-state index contributed by atoms with van der Waals surface area (Å²) in [4.78, 5) is 4.23. The Morgan fingerprint density at radius 3 is 2.73 bits per heavy atom. The normalized spacial score (nSPS) is 13.4. The van der Waals surface area contributed by atoms with Crippen LogP contribution >= 0.6 is 0 Å². The molecule has 84 valence electrons. The molecule has 0 aromatic carbocycles. The van der Waals surface area contributed by atoms with Gasteiger partial charge in [-0.3, -0.25) is 0 Å². The van der Waals surface area contributed by atoms with Gasteiger partial charge in [-0.2, -0.15) is 0 Å². The first-order valence-corrected chi connectivity index (χ1v) is 5.00. The Morgan fingerprint density at radius 2 is 2.20 bits per heavy atom. The molecule has 1 aromatic heterocycles. The van der Waals surface area contributed by atoms with Crippen LogP contribution in [0, 0.1) is 0 Å². The zero-order chi connectivity index (χ0) is 11.5. The van der Waals surface area contributed by atoms with Gasteiger partial charge in [0.15, 0.2) is 11.6 Å². The van der Waals surface area contributed by atoms with E-state index < -0.39 is 0 Å². The van der Waals surface area contributed by atoms with Crippen LogP contribution in [0.2, 0.25) is 0 Å². The topological polar surface area (TPSA) is 60.2 Å². The monoisotopic (exact) mass is 209 g/mol. The van der Waals surface area contributed by atoms with Crippen molar-refractivity contribution in [3.63, 3.8) is 0 Å². The summed E-state index contributed by atoms with van der Waals surface area (Å²) >= 11 is 0. The molecule has 0 fully saturated rings. The van der Waals surface area contributed by atoms with Crippen molar-refractivity contribution in [3.05, 3.63) is 18.3 Å². The number of nitrogens with two attached hydrogens (primary N) is 1. The van der Waals surface area contributed by atoms with Crippen molar-refractivity contribution in [2.45, 2.75) is 32.4 Å².